The largest absolute Gasteiger partial charge is 0.368 e. The van der Waals surface area contributed by atoms with Gasteiger partial charge in [-0.05, 0) is 55.4 Å². The summed E-state index contributed by atoms with van der Waals surface area (Å²) >= 11 is 6.04. The van der Waals surface area contributed by atoms with Gasteiger partial charge in [0.15, 0.2) is 10.8 Å². The molecule has 264 valence electrons. The van der Waals surface area contributed by atoms with Crippen molar-refractivity contribution in [2.45, 2.75) is 92.5 Å². The number of halogens is 1. The Bertz CT molecular complexity index is 1460. The fourth-order valence-corrected chi connectivity index (χ4v) is 9.60. The number of allylic oxidation sites excluding steroid dienone is 1. The van der Waals surface area contributed by atoms with Gasteiger partial charge in [0.2, 0.25) is 5.95 Å². The molecule has 0 unspecified atom stereocenters. The van der Waals surface area contributed by atoms with E-state index in [4.69, 9.17) is 40.2 Å². The van der Waals surface area contributed by atoms with Gasteiger partial charge in [-0.2, -0.15) is 9.97 Å². The van der Waals surface area contributed by atoms with Crippen LogP contribution in [0.1, 0.15) is 55.4 Å². The number of sulfone groups is 1. The molecule has 0 saturated carbocycles. The van der Waals surface area contributed by atoms with Gasteiger partial charge in [0.25, 0.3) is 0 Å². The summed E-state index contributed by atoms with van der Waals surface area (Å²) in [5, 5.41) is 0.174. The number of aromatic nitrogens is 4. The minimum atomic E-state index is -3.41. The highest BCUT2D eigenvalue weighted by molar-refractivity contribution is 7.90. The Labute approximate surface area is 278 Å². The van der Waals surface area contributed by atoms with Gasteiger partial charge in [-0.25, -0.2) is 13.4 Å². The minimum Gasteiger partial charge on any atom is -0.368 e. The first kappa shape index (κ1) is 42.4. The van der Waals surface area contributed by atoms with E-state index >= 15 is 0 Å². The summed E-state index contributed by atoms with van der Waals surface area (Å²) < 4.78 is 77.3. The number of nitrogen functional groups attached to an aromatic ring is 1. The molecule has 2 atom stereocenters. The first-order chi connectivity index (χ1) is 21.1. The molecule has 0 bridgehead atoms. The number of nitrogens with two attached hydrogens (primary N) is 1. The molecule has 14 nitrogen and oxygen atoms in total. The Balaban J connectivity index is 0.000000492. The molecule has 0 aliphatic carbocycles. The molecular formula is C28H50ClN5O9P2S. The number of hydrogen-bond donors (Lipinski definition) is 1. The van der Waals surface area contributed by atoms with Crippen LogP contribution in [0.5, 0.6) is 0 Å². The summed E-state index contributed by atoms with van der Waals surface area (Å²) in [6.07, 6.45) is 4.07. The average molecular weight is 730 g/mol. The number of ether oxygens (including phenoxy) is 1. The first-order valence-electron chi connectivity index (χ1n) is 14.7. The van der Waals surface area contributed by atoms with Crippen LogP contribution in [-0.2, 0) is 48.3 Å². The molecule has 2 N–H and O–H groups in total. The second kappa shape index (κ2) is 18.8. The van der Waals surface area contributed by atoms with E-state index < -0.39 is 37.1 Å². The zero-order valence-corrected chi connectivity index (χ0v) is 31.5. The molecule has 0 aliphatic heterocycles. The summed E-state index contributed by atoms with van der Waals surface area (Å²) in [4.78, 5) is 12.2. The molecule has 18 heteroatoms. The third kappa shape index (κ3) is 16.0. The Morgan fingerprint density at radius 2 is 1.41 bits per heavy atom. The van der Waals surface area contributed by atoms with E-state index in [1.165, 1.54) is 6.08 Å². The van der Waals surface area contributed by atoms with Crippen LogP contribution < -0.4 is 5.73 Å². The third-order valence-electron chi connectivity index (χ3n) is 5.32. The van der Waals surface area contributed by atoms with Gasteiger partial charge in [-0.3, -0.25) is 9.13 Å². The topological polar surface area (TPSA) is 184 Å². The maximum Gasteiger partial charge on any atom is 0.356 e. The van der Waals surface area contributed by atoms with Crippen molar-refractivity contribution >= 4 is 53.7 Å². The van der Waals surface area contributed by atoms with Crippen molar-refractivity contribution in [1.82, 2.24) is 19.5 Å². The molecule has 2 rings (SSSR count). The fraction of sp³-hybridized carbons (Fsp3) is 0.679. The molecule has 0 aromatic carbocycles. The van der Waals surface area contributed by atoms with Crippen LogP contribution in [0.4, 0.5) is 5.95 Å². The SMILES string of the molecule is C=C[C@@H](CP(=O)(OC(C)C)OC(C)C)CS(C)(=O)=O.C=C[C@@H](Cn1cnc2c(Cl)nc(N)nc21)OCP(=O)(OC(C)C)OC(C)C. The van der Waals surface area contributed by atoms with E-state index in [2.05, 4.69) is 28.1 Å². The molecule has 0 spiro atoms. The van der Waals surface area contributed by atoms with E-state index in [1.54, 1.807) is 72.4 Å². The van der Waals surface area contributed by atoms with Crippen molar-refractivity contribution in [2.75, 3.05) is 30.3 Å². The summed E-state index contributed by atoms with van der Waals surface area (Å²) in [7, 11) is -9.91. The Morgan fingerprint density at radius 3 is 1.85 bits per heavy atom. The maximum atomic E-state index is 12.9. The highest BCUT2D eigenvalue weighted by atomic mass is 35.5. The smallest absolute Gasteiger partial charge is 0.356 e. The zero-order valence-electron chi connectivity index (χ0n) is 28.2. The summed E-state index contributed by atoms with van der Waals surface area (Å²) in [5.41, 5.74) is 6.57. The number of nitrogens with zero attached hydrogens (tertiary/aromatic N) is 4. The predicted molar refractivity (Wildman–Crippen MR) is 183 cm³/mol. The van der Waals surface area contributed by atoms with Gasteiger partial charge in [-0.15, -0.1) is 13.2 Å². The van der Waals surface area contributed by atoms with E-state index in [1.807, 2.05) is 0 Å². The van der Waals surface area contributed by atoms with Crippen LogP contribution in [0.3, 0.4) is 0 Å². The van der Waals surface area contributed by atoms with Crippen LogP contribution in [-0.4, -0.2) is 83.0 Å². The van der Waals surface area contributed by atoms with Crippen LogP contribution >= 0.6 is 26.8 Å². The van der Waals surface area contributed by atoms with Crippen LogP contribution in [0.25, 0.3) is 11.2 Å². The second-order valence-corrected chi connectivity index (χ2v) is 18.1. The van der Waals surface area contributed by atoms with Crippen LogP contribution in [0.15, 0.2) is 31.6 Å². The van der Waals surface area contributed by atoms with Gasteiger partial charge < -0.3 is 33.1 Å². The lowest BCUT2D eigenvalue weighted by atomic mass is 10.2. The van der Waals surface area contributed by atoms with Crippen molar-refractivity contribution in [3.63, 3.8) is 0 Å². The average Bonchev–Trinajstić information content (AvgIpc) is 3.26. The standard InChI is InChI=1S/C16H25ClN5O4P.C12H25O5PS/c1-6-12(24-9-27(23,25-10(2)3)26-11(4)5)7-22-8-19-13-14(17)20-16(18)21-15(13)22;1-7-12(9-19(6,14)15)8-18(13,16-10(2)3)17-11(4)5/h6,8,10-12H,1,7,9H2,2-5H3,(H2,18,20,21);7,10-12H,1,8-9H2,2-6H3/t2*12-/m00/s1. The van der Waals surface area contributed by atoms with Crippen molar-refractivity contribution in [3.05, 3.63) is 36.8 Å². The van der Waals surface area contributed by atoms with Gasteiger partial charge in [-0.1, -0.05) is 23.8 Å². The number of anilines is 1. The fourth-order valence-electron chi connectivity index (χ4n) is 3.99. The quantitative estimate of drug-likeness (QED) is 0.0938. The molecule has 2 heterocycles. The Hall–Kier alpha value is -1.67. The van der Waals surface area contributed by atoms with Crippen LogP contribution in [0, 0.1) is 5.92 Å². The molecule has 0 radical (unpaired) electrons. The lowest BCUT2D eigenvalue weighted by molar-refractivity contribution is 0.0685. The number of imidazole rings is 1. The number of rotatable bonds is 19. The lowest BCUT2D eigenvalue weighted by Gasteiger charge is -2.25. The summed E-state index contributed by atoms with van der Waals surface area (Å²) in [5.74, 6) is -0.507. The molecule has 0 fully saturated rings. The number of hydrogen-bond acceptors (Lipinski definition) is 13. The van der Waals surface area contributed by atoms with Gasteiger partial charge in [0, 0.05) is 12.2 Å². The van der Waals surface area contributed by atoms with Crippen molar-refractivity contribution in [1.29, 1.82) is 0 Å². The molecule has 0 aliphatic rings. The maximum absolute atomic E-state index is 12.9. The van der Waals surface area contributed by atoms with E-state index in [9.17, 15) is 17.5 Å². The normalized spacial score (nSPS) is 14.1. The predicted octanol–water partition coefficient (Wildman–Crippen LogP) is 6.51. The molecular weight excluding hydrogens is 680 g/mol. The van der Waals surface area contributed by atoms with E-state index in [-0.39, 0.29) is 53.8 Å². The summed E-state index contributed by atoms with van der Waals surface area (Å²) in [6.45, 7) is 21.8. The highest BCUT2D eigenvalue weighted by Crippen LogP contribution is 2.52. The molecule has 0 amide bonds. The lowest BCUT2D eigenvalue weighted by Crippen LogP contribution is -2.20. The third-order valence-corrected chi connectivity index (χ3v) is 11.0. The molecule has 0 saturated heterocycles. The van der Waals surface area contributed by atoms with Crippen LogP contribution in [0.2, 0.25) is 5.15 Å². The minimum absolute atomic E-state index is 0.0277. The highest BCUT2D eigenvalue weighted by Gasteiger charge is 2.32. The monoisotopic (exact) mass is 729 g/mol. The van der Waals surface area contributed by atoms with Crippen molar-refractivity contribution < 1.29 is 40.4 Å². The molecule has 2 aromatic rings. The van der Waals surface area contributed by atoms with Gasteiger partial charge in [0.1, 0.15) is 21.7 Å². The van der Waals surface area contributed by atoms with Crippen molar-refractivity contribution in [3.8, 4) is 0 Å². The van der Waals surface area contributed by atoms with Crippen molar-refractivity contribution in [2.24, 2.45) is 5.92 Å². The Kier molecular flexibility index (Phi) is 17.3. The first-order valence-corrected chi connectivity index (χ1v) is 20.6. The van der Waals surface area contributed by atoms with Gasteiger partial charge >= 0.3 is 15.2 Å². The zero-order chi connectivity index (χ0) is 35.5. The van der Waals surface area contributed by atoms with E-state index in [0.29, 0.717) is 17.7 Å². The second-order valence-electron chi connectivity index (χ2n) is 11.6. The number of fused-ring (bicyclic) bond motifs is 1. The summed E-state index contributed by atoms with van der Waals surface area (Å²) in [6, 6.07) is 0. The van der Waals surface area contributed by atoms with E-state index in [0.717, 1.165) is 6.26 Å². The Morgan fingerprint density at radius 1 is 0.913 bits per heavy atom. The molecule has 46 heavy (non-hydrogen) atoms. The molecule has 2 aromatic heterocycles. The van der Waals surface area contributed by atoms with Gasteiger partial charge in [0.05, 0.1) is 55.3 Å².